The standard InChI is InChI=1S/C29H40FN7O/c1-19(2)29(10-7-11-29)37-25(27(38)34(5)6)16-21-18-31-28(33-26(21)37)32-22-8-9-24(23(30)17-22)36-14-12-35(13-15-36)20(3)4/h8-9,16-20H,7,10-15H2,1-6H3,(H,31,32,33). The predicted molar refractivity (Wildman–Crippen MR) is 151 cm³/mol. The molecular formula is C29H40FN7O. The fourth-order valence-electron chi connectivity index (χ4n) is 5.93. The number of anilines is 3. The molecule has 0 bridgehead atoms. The van der Waals surface area contributed by atoms with Crippen molar-refractivity contribution in [3.8, 4) is 0 Å². The number of hydrogen-bond donors (Lipinski definition) is 1. The van der Waals surface area contributed by atoms with E-state index in [0.717, 1.165) is 56.5 Å². The molecule has 2 aliphatic rings. The zero-order valence-electron chi connectivity index (χ0n) is 23.5. The van der Waals surface area contributed by atoms with Crippen LogP contribution in [0.2, 0.25) is 0 Å². The first-order chi connectivity index (χ1) is 18.1. The zero-order valence-corrected chi connectivity index (χ0v) is 23.5. The average Bonchev–Trinajstić information content (AvgIpc) is 3.21. The van der Waals surface area contributed by atoms with E-state index in [2.05, 4.69) is 52.4 Å². The molecule has 1 saturated carbocycles. The summed E-state index contributed by atoms with van der Waals surface area (Å²) in [5.41, 5.74) is 2.44. The highest BCUT2D eigenvalue weighted by molar-refractivity contribution is 5.98. The number of benzene rings is 1. The smallest absolute Gasteiger partial charge is 0.270 e. The van der Waals surface area contributed by atoms with E-state index in [1.165, 1.54) is 6.07 Å². The molecule has 2 fully saturated rings. The van der Waals surface area contributed by atoms with E-state index < -0.39 is 0 Å². The maximum absolute atomic E-state index is 15.2. The highest BCUT2D eigenvalue weighted by Gasteiger charge is 2.44. The van der Waals surface area contributed by atoms with Crippen molar-refractivity contribution in [1.29, 1.82) is 0 Å². The van der Waals surface area contributed by atoms with E-state index in [9.17, 15) is 4.79 Å². The monoisotopic (exact) mass is 521 g/mol. The van der Waals surface area contributed by atoms with Crippen LogP contribution in [-0.4, -0.2) is 76.6 Å². The second-order valence-corrected chi connectivity index (χ2v) is 11.6. The number of nitrogens with one attached hydrogen (secondary N) is 1. The predicted octanol–water partition coefficient (Wildman–Crippen LogP) is 5.08. The Morgan fingerprint density at radius 3 is 2.34 bits per heavy atom. The van der Waals surface area contributed by atoms with Crippen molar-refractivity contribution in [2.24, 2.45) is 5.92 Å². The van der Waals surface area contributed by atoms with Crippen LogP contribution in [0.15, 0.2) is 30.5 Å². The first kappa shape index (κ1) is 26.4. The van der Waals surface area contributed by atoms with E-state index in [0.29, 0.717) is 35.0 Å². The number of amides is 1. The number of carbonyl (C=O) groups is 1. The van der Waals surface area contributed by atoms with Gasteiger partial charge in [0.25, 0.3) is 5.91 Å². The summed E-state index contributed by atoms with van der Waals surface area (Å²) >= 11 is 0. The van der Waals surface area contributed by atoms with Crippen LogP contribution in [0.5, 0.6) is 0 Å². The Kier molecular flexibility index (Phi) is 7.07. The molecule has 9 heteroatoms. The molecule has 2 aromatic heterocycles. The van der Waals surface area contributed by atoms with Gasteiger partial charge in [0.15, 0.2) is 0 Å². The minimum atomic E-state index is -0.260. The second-order valence-electron chi connectivity index (χ2n) is 11.6. The van der Waals surface area contributed by atoms with Crippen LogP contribution in [0, 0.1) is 11.7 Å². The molecule has 0 radical (unpaired) electrons. The molecule has 204 valence electrons. The fraction of sp³-hybridized carbons (Fsp3) is 0.552. The van der Waals surface area contributed by atoms with Gasteiger partial charge in [-0.2, -0.15) is 4.98 Å². The summed E-state index contributed by atoms with van der Waals surface area (Å²) in [6.45, 7) is 12.3. The Morgan fingerprint density at radius 1 is 1.08 bits per heavy atom. The van der Waals surface area contributed by atoms with E-state index in [1.54, 1.807) is 25.2 Å². The third kappa shape index (κ3) is 4.61. The number of halogens is 1. The van der Waals surface area contributed by atoms with Gasteiger partial charge in [-0.3, -0.25) is 9.69 Å². The van der Waals surface area contributed by atoms with Crippen molar-refractivity contribution in [1.82, 2.24) is 24.3 Å². The van der Waals surface area contributed by atoms with Crippen molar-refractivity contribution in [2.75, 3.05) is 50.5 Å². The number of piperazine rings is 1. The molecule has 5 rings (SSSR count). The molecule has 1 aliphatic carbocycles. The number of hydrogen-bond acceptors (Lipinski definition) is 6. The third-order valence-electron chi connectivity index (χ3n) is 8.49. The summed E-state index contributed by atoms with van der Waals surface area (Å²) in [6, 6.07) is 7.63. The van der Waals surface area contributed by atoms with Crippen LogP contribution in [0.4, 0.5) is 21.7 Å². The van der Waals surface area contributed by atoms with Crippen molar-refractivity contribution in [3.05, 3.63) is 42.0 Å². The van der Waals surface area contributed by atoms with E-state index in [-0.39, 0.29) is 17.3 Å². The molecule has 8 nitrogen and oxygen atoms in total. The molecule has 1 aliphatic heterocycles. The summed E-state index contributed by atoms with van der Waals surface area (Å²) < 4.78 is 17.3. The average molecular weight is 522 g/mol. The SMILES string of the molecule is CC(C)N1CCN(c2ccc(Nc3ncc4cc(C(=O)N(C)C)n(C5(C(C)C)CCC5)c4n3)cc2F)CC1. The van der Waals surface area contributed by atoms with Gasteiger partial charge in [0.2, 0.25) is 5.95 Å². The zero-order chi connectivity index (χ0) is 27.2. The summed E-state index contributed by atoms with van der Waals surface area (Å²) in [7, 11) is 3.54. The van der Waals surface area contributed by atoms with Crippen molar-refractivity contribution >= 4 is 34.3 Å². The Labute approximate surface area is 224 Å². The second kappa shape index (κ2) is 10.2. The van der Waals surface area contributed by atoms with Crippen molar-refractivity contribution in [2.45, 2.75) is 58.5 Å². The van der Waals surface area contributed by atoms with Gasteiger partial charge in [-0.05, 0) is 63.3 Å². The molecule has 0 unspecified atom stereocenters. The van der Waals surface area contributed by atoms with Gasteiger partial charge in [-0.15, -0.1) is 0 Å². The lowest BCUT2D eigenvalue weighted by molar-refractivity contribution is 0.0679. The Bertz CT molecular complexity index is 1320. The first-order valence-electron chi connectivity index (χ1n) is 13.8. The third-order valence-corrected chi connectivity index (χ3v) is 8.49. The topological polar surface area (TPSA) is 69.5 Å². The number of rotatable bonds is 7. The molecule has 1 N–H and O–H groups in total. The molecule has 38 heavy (non-hydrogen) atoms. The van der Waals surface area contributed by atoms with Crippen LogP contribution in [0.1, 0.15) is 57.4 Å². The number of carbonyl (C=O) groups excluding carboxylic acids is 1. The largest absolute Gasteiger partial charge is 0.367 e. The van der Waals surface area contributed by atoms with Gasteiger partial charge in [-0.25, -0.2) is 9.37 Å². The Balaban J connectivity index is 1.44. The highest BCUT2D eigenvalue weighted by atomic mass is 19.1. The fourth-order valence-corrected chi connectivity index (χ4v) is 5.93. The lowest BCUT2D eigenvalue weighted by atomic mass is 9.69. The van der Waals surface area contributed by atoms with E-state index >= 15 is 4.39 Å². The number of aromatic nitrogens is 3. The van der Waals surface area contributed by atoms with Crippen LogP contribution in [-0.2, 0) is 5.54 Å². The summed E-state index contributed by atoms with van der Waals surface area (Å²) in [6.07, 6.45) is 4.89. The van der Waals surface area contributed by atoms with Crippen LogP contribution < -0.4 is 10.2 Å². The summed E-state index contributed by atoms with van der Waals surface area (Å²) in [4.78, 5) is 28.7. The number of nitrogens with zero attached hydrogens (tertiary/aromatic N) is 6. The van der Waals surface area contributed by atoms with Crippen molar-refractivity contribution in [3.63, 3.8) is 0 Å². The highest BCUT2D eigenvalue weighted by Crippen LogP contribution is 2.48. The lowest BCUT2D eigenvalue weighted by Crippen LogP contribution is -2.49. The summed E-state index contributed by atoms with van der Waals surface area (Å²) in [5, 5.41) is 4.03. The van der Waals surface area contributed by atoms with E-state index in [1.807, 2.05) is 18.2 Å². The van der Waals surface area contributed by atoms with Gasteiger partial charge >= 0.3 is 0 Å². The molecule has 3 aromatic rings. The van der Waals surface area contributed by atoms with Gasteiger partial charge in [0, 0.05) is 69.1 Å². The minimum absolute atomic E-state index is 0.0451. The van der Waals surface area contributed by atoms with Crippen molar-refractivity contribution < 1.29 is 9.18 Å². The summed E-state index contributed by atoms with van der Waals surface area (Å²) in [5.74, 6) is 0.425. The number of fused-ring (bicyclic) bond motifs is 1. The molecule has 0 spiro atoms. The Hall–Kier alpha value is -3.20. The molecule has 0 atom stereocenters. The minimum Gasteiger partial charge on any atom is -0.367 e. The maximum atomic E-state index is 15.2. The normalized spacial score (nSPS) is 17.8. The van der Waals surface area contributed by atoms with Gasteiger partial charge in [0.05, 0.1) is 5.69 Å². The Morgan fingerprint density at radius 2 is 1.79 bits per heavy atom. The van der Waals surface area contributed by atoms with Gasteiger partial charge in [-0.1, -0.05) is 13.8 Å². The lowest BCUT2D eigenvalue weighted by Gasteiger charge is -2.48. The van der Waals surface area contributed by atoms with Gasteiger partial charge in [0.1, 0.15) is 17.2 Å². The molecule has 1 amide bonds. The molecule has 1 aromatic carbocycles. The van der Waals surface area contributed by atoms with Crippen LogP contribution >= 0.6 is 0 Å². The molecule has 1 saturated heterocycles. The van der Waals surface area contributed by atoms with Crippen LogP contribution in [0.25, 0.3) is 11.0 Å². The first-order valence-corrected chi connectivity index (χ1v) is 13.8. The van der Waals surface area contributed by atoms with Gasteiger partial charge < -0.3 is 19.7 Å². The quantitative estimate of drug-likeness (QED) is 0.468. The van der Waals surface area contributed by atoms with Crippen LogP contribution in [0.3, 0.4) is 0 Å². The maximum Gasteiger partial charge on any atom is 0.270 e. The molecule has 3 heterocycles. The van der Waals surface area contributed by atoms with E-state index in [4.69, 9.17) is 4.98 Å². The molecular weight excluding hydrogens is 481 g/mol.